The second kappa shape index (κ2) is 5.01. The number of rotatable bonds is 4. The molecular weight excluding hydrogens is 279 g/mol. The number of hydrogen-bond donors (Lipinski definition) is 2. The third kappa shape index (κ3) is 2.91. The van der Waals surface area contributed by atoms with Crippen molar-refractivity contribution in [2.24, 2.45) is 0 Å². The van der Waals surface area contributed by atoms with Gasteiger partial charge in [-0.25, -0.2) is 9.18 Å². The first-order valence-corrected chi connectivity index (χ1v) is 6.35. The molecular formula is C14H11FN2O4. The molecule has 0 atom stereocenters. The molecule has 2 aromatic rings. The van der Waals surface area contributed by atoms with Crippen molar-refractivity contribution in [3.63, 3.8) is 0 Å². The highest BCUT2D eigenvalue weighted by molar-refractivity contribution is 5.90. The van der Waals surface area contributed by atoms with Gasteiger partial charge >= 0.3 is 5.97 Å². The molecule has 1 saturated carbocycles. The normalized spacial score (nSPS) is 14.0. The highest BCUT2D eigenvalue weighted by atomic mass is 19.1. The van der Waals surface area contributed by atoms with Crippen LogP contribution in [0, 0.1) is 5.82 Å². The van der Waals surface area contributed by atoms with Crippen molar-refractivity contribution in [3.05, 3.63) is 51.8 Å². The Labute approximate surface area is 118 Å². The van der Waals surface area contributed by atoms with Gasteiger partial charge in [-0.3, -0.25) is 4.79 Å². The maximum absolute atomic E-state index is 13.2. The summed E-state index contributed by atoms with van der Waals surface area (Å²) in [4.78, 5) is 29.4. The Balaban J connectivity index is 1.98. The molecule has 7 heteroatoms. The molecule has 0 spiro atoms. The molecule has 1 aliphatic carbocycles. The van der Waals surface area contributed by atoms with E-state index in [1.54, 1.807) is 0 Å². The quantitative estimate of drug-likeness (QED) is 0.901. The van der Waals surface area contributed by atoms with Gasteiger partial charge in [0.1, 0.15) is 23.0 Å². The SMILES string of the molecule is O=C(O)c1ccc(F)cc1Oc1cc(=O)[nH]c(C2CC2)n1. The van der Waals surface area contributed by atoms with E-state index in [9.17, 15) is 14.0 Å². The van der Waals surface area contributed by atoms with E-state index in [2.05, 4.69) is 9.97 Å². The van der Waals surface area contributed by atoms with E-state index in [-0.39, 0.29) is 23.1 Å². The Kier molecular flexibility index (Phi) is 3.17. The van der Waals surface area contributed by atoms with Crippen molar-refractivity contribution >= 4 is 5.97 Å². The molecule has 108 valence electrons. The van der Waals surface area contributed by atoms with Crippen molar-refractivity contribution in [2.45, 2.75) is 18.8 Å². The zero-order valence-corrected chi connectivity index (χ0v) is 10.8. The number of carboxylic acids is 1. The van der Waals surface area contributed by atoms with Gasteiger partial charge in [0.15, 0.2) is 0 Å². The van der Waals surface area contributed by atoms with Crippen LogP contribution >= 0.6 is 0 Å². The monoisotopic (exact) mass is 290 g/mol. The van der Waals surface area contributed by atoms with Crippen LogP contribution in [0.5, 0.6) is 11.6 Å². The minimum absolute atomic E-state index is 0.0475. The van der Waals surface area contributed by atoms with Gasteiger partial charge in [0.2, 0.25) is 5.88 Å². The Bertz CT molecular complexity index is 768. The molecule has 6 nitrogen and oxygen atoms in total. The van der Waals surface area contributed by atoms with Crippen LogP contribution in [0.4, 0.5) is 4.39 Å². The molecule has 0 radical (unpaired) electrons. The number of benzene rings is 1. The van der Waals surface area contributed by atoms with Crippen LogP contribution in [0.1, 0.15) is 34.9 Å². The average molecular weight is 290 g/mol. The molecule has 0 bridgehead atoms. The lowest BCUT2D eigenvalue weighted by molar-refractivity contribution is 0.0694. The van der Waals surface area contributed by atoms with Gasteiger partial charge in [-0.1, -0.05) is 0 Å². The number of carbonyl (C=O) groups is 1. The van der Waals surface area contributed by atoms with E-state index in [4.69, 9.17) is 9.84 Å². The second-order valence-corrected chi connectivity index (χ2v) is 4.79. The lowest BCUT2D eigenvalue weighted by Crippen LogP contribution is -2.11. The molecule has 1 heterocycles. The topological polar surface area (TPSA) is 92.3 Å². The number of carboxylic acid groups (broad SMARTS) is 1. The molecule has 3 rings (SSSR count). The van der Waals surface area contributed by atoms with Gasteiger partial charge in [-0.15, -0.1) is 0 Å². The number of halogens is 1. The lowest BCUT2D eigenvalue weighted by Gasteiger charge is -2.08. The van der Waals surface area contributed by atoms with Crippen LogP contribution in [0.15, 0.2) is 29.1 Å². The Hall–Kier alpha value is -2.70. The standard InChI is InChI=1S/C14H11FN2O4/c15-8-3-4-9(14(19)20)10(5-8)21-12-6-11(18)16-13(17-12)7-1-2-7/h3-7H,1-2H2,(H,19,20)(H,16,17,18). The van der Waals surface area contributed by atoms with E-state index in [0.29, 0.717) is 5.82 Å². The van der Waals surface area contributed by atoms with Crippen LogP contribution in [-0.2, 0) is 0 Å². The first-order valence-electron chi connectivity index (χ1n) is 6.35. The van der Waals surface area contributed by atoms with E-state index >= 15 is 0 Å². The van der Waals surface area contributed by atoms with Crippen LogP contribution in [0.3, 0.4) is 0 Å². The summed E-state index contributed by atoms with van der Waals surface area (Å²) in [7, 11) is 0. The van der Waals surface area contributed by atoms with Gasteiger partial charge in [0.25, 0.3) is 5.56 Å². The second-order valence-electron chi connectivity index (χ2n) is 4.79. The van der Waals surface area contributed by atoms with Crippen molar-refractivity contribution in [1.82, 2.24) is 9.97 Å². The van der Waals surface area contributed by atoms with Crippen molar-refractivity contribution in [2.75, 3.05) is 0 Å². The van der Waals surface area contributed by atoms with E-state index < -0.39 is 17.3 Å². The zero-order valence-electron chi connectivity index (χ0n) is 10.8. The number of aromatic carboxylic acids is 1. The smallest absolute Gasteiger partial charge is 0.339 e. The van der Waals surface area contributed by atoms with Gasteiger partial charge in [-0.05, 0) is 25.0 Å². The summed E-state index contributed by atoms with van der Waals surface area (Å²) in [6.45, 7) is 0. The molecule has 21 heavy (non-hydrogen) atoms. The van der Waals surface area contributed by atoms with Crippen LogP contribution in [0.2, 0.25) is 0 Å². The lowest BCUT2D eigenvalue weighted by atomic mass is 10.2. The third-order valence-electron chi connectivity index (χ3n) is 3.09. The fraction of sp³-hybridized carbons (Fsp3) is 0.214. The Morgan fingerprint density at radius 1 is 1.38 bits per heavy atom. The first kappa shape index (κ1) is 13.3. The summed E-state index contributed by atoms with van der Waals surface area (Å²) in [6.07, 6.45) is 1.87. The molecule has 1 aromatic heterocycles. The molecule has 2 N–H and O–H groups in total. The predicted molar refractivity (Wildman–Crippen MR) is 70.3 cm³/mol. The minimum atomic E-state index is -1.25. The predicted octanol–water partition coefficient (Wildman–Crippen LogP) is 2.28. The molecule has 0 amide bonds. The molecule has 0 saturated heterocycles. The van der Waals surface area contributed by atoms with Gasteiger partial charge < -0.3 is 14.8 Å². The number of aromatic amines is 1. The van der Waals surface area contributed by atoms with Crippen LogP contribution in [-0.4, -0.2) is 21.0 Å². The number of nitrogens with zero attached hydrogens (tertiary/aromatic N) is 1. The summed E-state index contributed by atoms with van der Waals surface area (Å²) in [5.41, 5.74) is -0.596. The zero-order chi connectivity index (χ0) is 15.0. The molecule has 1 aromatic carbocycles. The number of hydrogen-bond acceptors (Lipinski definition) is 4. The number of aromatic nitrogens is 2. The summed E-state index contributed by atoms with van der Waals surface area (Å²) in [5.74, 6) is -1.42. The largest absolute Gasteiger partial charge is 0.478 e. The molecule has 0 unspecified atom stereocenters. The van der Waals surface area contributed by atoms with Crippen LogP contribution in [0.25, 0.3) is 0 Å². The summed E-state index contributed by atoms with van der Waals surface area (Å²) in [6, 6.07) is 4.17. The van der Waals surface area contributed by atoms with Gasteiger partial charge in [0, 0.05) is 12.0 Å². The fourth-order valence-corrected chi connectivity index (χ4v) is 1.93. The third-order valence-corrected chi connectivity index (χ3v) is 3.09. The van der Waals surface area contributed by atoms with E-state index in [1.165, 1.54) is 0 Å². The molecule has 1 fully saturated rings. The highest BCUT2D eigenvalue weighted by Gasteiger charge is 2.27. The highest BCUT2D eigenvalue weighted by Crippen LogP contribution is 2.38. The van der Waals surface area contributed by atoms with E-state index in [0.717, 1.165) is 37.1 Å². The van der Waals surface area contributed by atoms with Gasteiger partial charge in [0.05, 0.1) is 6.07 Å². The summed E-state index contributed by atoms with van der Waals surface area (Å²) >= 11 is 0. The summed E-state index contributed by atoms with van der Waals surface area (Å²) < 4.78 is 18.5. The van der Waals surface area contributed by atoms with Crippen molar-refractivity contribution < 1.29 is 19.0 Å². The van der Waals surface area contributed by atoms with Crippen molar-refractivity contribution in [1.29, 1.82) is 0 Å². The molecule has 0 aliphatic heterocycles. The van der Waals surface area contributed by atoms with Gasteiger partial charge in [-0.2, -0.15) is 4.98 Å². The minimum Gasteiger partial charge on any atom is -0.478 e. The number of nitrogens with one attached hydrogen (secondary N) is 1. The van der Waals surface area contributed by atoms with E-state index in [1.807, 2.05) is 0 Å². The maximum Gasteiger partial charge on any atom is 0.339 e. The Morgan fingerprint density at radius 3 is 2.81 bits per heavy atom. The van der Waals surface area contributed by atoms with Crippen LogP contribution < -0.4 is 10.3 Å². The summed E-state index contributed by atoms with van der Waals surface area (Å²) in [5, 5.41) is 9.05. The maximum atomic E-state index is 13.2. The molecule has 1 aliphatic rings. The number of ether oxygens (including phenoxy) is 1. The fourth-order valence-electron chi connectivity index (χ4n) is 1.93. The average Bonchev–Trinajstić information content (AvgIpc) is 3.21. The van der Waals surface area contributed by atoms with Crippen molar-refractivity contribution in [3.8, 4) is 11.6 Å². The number of H-pyrrole nitrogens is 1. The first-order chi connectivity index (χ1) is 10.0. The Morgan fingerprint density at radius 2 is 2.14 bits per heavy atom.